The topological polar surface area (TPSA) is 97.2 Å². The monoisotopic (exact) mass is 300 g/mol. The van der Waals surface area contributed by atoms with Gasteiger partial charge in [0.05, 0.1) is 9.95 Å². The number of hydrogen-bond donors (Lipinski definition) is 2. The number of halogens is 1. The summed E-state index contributed by atoms with van der Waals surface area (Å²) >= 11 is 5.66. The number of nitrogens with zero attached hydrogens (tertiary/aromatic N) is 2. The molecule has 1 heterocycles. The number of carbonyl (C=O) groups is 1. The van der Waals surface area contributed by atoms with Crippen LogP contribution in [0.2, 0.25) is 5.02 Å². The summed E-state index contributed by atoms with van der Waals surface area (Å²) in [5.74, 6) is -0.0374. The van der Waals surface area contributed by atoms with Crippen molar-refractivity contribution in [1.82, 2.24) is 10.3 Å². The summed E-state index contributed by atoms with van der Waals surface area (Å²) in [6.07, 6.45) is 1.50. The average molecular weight is 301 g/mol. The van der Waals surface area contributed by atoms with Gasteiger partial charge in [-0.05, 0) is 20.8 Å². The largest absolute Gasteiger partial charge is 0.364 e. The van der Waals surface area contributed by atoms with Gasteiger partial charge in [-0.1, -0.05) is 11.6 Å². The van der Waals surface area contributed by atoms with Crippen molar-refractivity contribution in [2.75, 3.05) is 11.9 Å². The molecular weight excluding hydrogens is 284 g/mol. The Bertz CT molecular complexity index is 514. The number of carbonyl (C=O) groups excluding carboxylic acids is 1. The highest BCUT2D eigenvalue weighted by Gasteiger charge is 2.17. The Morgan fingerprint density at radius 2 is 2.15 bits per heavy atom. The summed E-state index contributed by atoms with van der Waals surface area (Å²) in [4.78, 5) is 25.7. The van der Waals surface area contributed by atoms with Crippen LogP contribution in [0.15, 0.2) is 12.3 Å². The first-order valence-electron chi connectivity index (χ1n) is 6.04. The molecule has 0 saturated heterocycles. The molecule has 0 unspecified atom stereocenters. The maximum atomic E-state index is 11.6. The number of rotatable bonds is 5. The highest BCUT2D eigenvalue weighted by atomic mass is 35.5. The first-order valence-corrected chi connectivity index (χ1v) is 6.41. The van der Waals surface area contributed by atoms with Gasteiger partial charge in [0.2, 0.25) is 11.7 Å². The smallest absolute Gasteiger partial charge is 0.312 e. The van der Waals surface area contributed by atoms with Crippen molar-refractivity contribution in [2.45, 2.75) is 32.7 Å². The van der Waals surface area contributed by atoms with Crippen LogP contribution in [0.3, 0.4) is 0 Å². The molecule has 1 amide bonds. The zero-order chi connectivity index (χ0) is 15.3. The first-order chi connectivity index (χ1) is 9.19. The van der Waals surface area contributed by atoms with Crippen LogP contribution in [-0.2, 0) is 4.79 Å². The zero-order valence-electron chi connectivity index (χ0n) is 11.6. The average Bonchev–Trinajstić information content (AvgIpc) is 2.28. The highest BCUT2D eigenvalue weighted by Crippen LogP contribution is 2.24. The standard InChI is InChI=1S/C12H17ClN4O3/c1-12(2,3)16-10(18)4-5-14-11-9(17(19)20)6-8(13)7-15-11/h6-7H,4-5H2,1-3H3,(H,14,15)(H,16,18). The molecule has 0 aliphatic heterocycles. The number of nitro groups is 1. The number of nitrogens with one attached hydrogen (secondary N) is 2. The minimum absolute atomic E-state index is 0.1000. The van der Waals surface area contributed by atoms with Crippen molar-refractivity contribution in [3.05, 3.63) is 27.4 Å². The number of pyridine rings is 1. The zero-order valence-corrected chi connectivity index (χ0v) is 12.3. The molecule has 1 aromatic rings. The molecule has 2 N–H and O–H groups in total. The second-order valence-electron chi connectivity index (χ2n) is 5.25. The van der Waals surface area contributed by atoms with Gasteiger partial charge in [0, 0.05) is 30.8 Å². The highest BCUT2D eigenvalue weighted by molar-refractivity contribution is 6.30. The van der Waals surface area contributed by atoms with E-state index in [4.69, 9.17) is 11.6 Å². The van der Waals surface area contributed by atoms with Gasteiger partial charge in [0.25, 0.3) is 0 Å². The van der Waals surface area contributed by atoms with Crippen molar-refractivity contribution >= 4 is 29.0 Å². The van der Waals surface area contributed by atoms with Crippen LogP contribution < -0.4 is 10.6 Å². The van der Waals surface area contributed by atoms with E-state index in [0.29, 0.717) is 0 Å². The van der Waals surface area contributed by atoms with E-state index in [9.17, 15) is 14.9 Å². The fourth-order valence-electron chi connectivity index (χ4n) is 1.48. The van der Waals surface area contributed by atoms with Gasteiger partial charge in [-0.2, -0.15) is 0 Å². The van der Waals surface area contributed by atoms with E-state index in [1.165, 1.54) is 12.3 Å². The number of anilines is 1. The summed E-state index contributed by atoms with van der Waals surface area (Å²) in [5.41, 5.74) is -0.518. The molecule has 0 spiro atoms. The van der Waals surface area contributed by atoms with E-state index in [0.717, 1.165) is 0 Å². The SMILES string of the molecule is CC(C)(C)NC(=O)CCNc1ncc(Cl)cc1[N+](=O)[O-]. The molecule has 110 valence electrons. The Labute approximate surface area is 121 Å². The van der Waals surface area contributed by atoms with Crippen LogP contribution in [0.1, 0.15) is 27.2 Å². The fraction of sp³-hybridized carbons (Fsp3) is 0.500. The van der Waals surface area contributed by atoms with Crippen LogP contribution >= 0.6 is 11.6 Å². The van der Waals surface area contributed by atoms with Crippen LogP contribution in [0, 0.1) is 10.1 Å². The fourth-order valence-corrected chi connectivity index (χ4v) is 1.63. The molecule has 0 atom stereocenters. The maximum absolute atomic E-state index is 11.6. The van der Waals surface area contributed by atoms with Crippen LogP contribution in [0.4, 0.5) is 11.5 Å². The molecule has 1 rings (SSSR count). The van der Waals surface area contributed by atoms with E-state index >= 15 is 0 Å². The molecule has 0 aliphatic carbocycles. The molecule has 0 saturated carbocycles. The van der Waals surface area contributed by atoms with Crippen molar-refractivity contribution in [1.29, 1.82) is 0 Å². The van der Waals surface area contributed by atoms with E-state index in [2.05, 4.69) is 15.6 Å². The molecule has 1 aromatic heterocycles. The molecule has 7 nitrogen and oxygen atoms in total. The van der Waals surface area contributed by atoms with Crippen molar-refractivity contribution in [2.24, 2.45) is 0 Å². The van der Waals surface area contributed by atoms with Gasteiger partial charge in [-0.15, -0.1) is 0 Å². The third kappa shape index (κ3) is 5.40. The summed E-state index contributed by atoms with van der Waals surface area (Å²) in [6, 6.07) is 1.21. The molecule has 20 heavy (non-hydrogen) atoms. The van der Waals surface area contributed by atoms with Crippen LogP contribution in [0.25, 0.3) is 0 Å². The number of aromatic nitrogens is 1. The molecule has 0 aliphatic rings. The van der Waals surface area contributed by atoms with Gasteiger partial charge in [0.1, 0.15) is 0 Å². The Morgan fingerprint density at radius 1 is 1.50 bits per heavy atom. The third-order valence-electron chi connectivity index (χ3n) is 2.19. The third-order valence-corrected chi connectivity index (χ3v) is 2.40. The van der Waals surface area contributed by atoms with Crippen molar-refractivity contribution in [3.8, 4) is 0 Å². The minimum atomic E-state index is -0.573. The summed E-state index contributed by atoms with van der Waals surface area (Å²) < 4.78 is 0. The molecule has 0 aromatic carbocycles. The summed E-state index contributed by atoms with van der Waals surface area (Å²) in [7, 11) is 0. The minimum Gasteiger partial charge on any atom is -0.364 e. The second kappa shape index (κ2) is 6.51. The quantitative estimate of drug-likeness (QED) is 0.642. The van der Waals surface area contributed by atoms with Crippen molar-refractivity contribution in [3.63, 3.8) is 0 Å². The molecule has 0 radical (unpaired) electrons. The van der Waals surface area contributed by atoms with Crippen molar-refractivity contribution < 1.29 is 9.72 Å². The summed E-state index contributed by atoms with van der Waals surface area (Å²) in [5, 5.41) is 16.6. The lowest BCUT2D eigenvalue weighted by Gasteiger charge is -2.20. The Balaban J connectivity index is 2.58. The Hall–Kier alpha value is -1.89. The Kier molecular flexibility index (Phi) is 5.26. The lowest BCUT2D eigenvalue weighted by molar-refractivity contribution is -0.384. The predicted octanol–water partition coefficient (Wildman–Crippen LogP) is 2.36. The van der Waals surface area contributed by atoms with Gasteiger partial charge >= 0.3 is 5.69 Å². The lowest BCUT2D eigenvalue weighted by atomic mass is 10.1. The van der Waals surface area contributed by atoms with E-state index < -0.39 is 4.92 Å². The van der Waals surface area contributed by atoms with Crippen LogP contribution in [-0.4, -0.2) is 27.9 Å². The summed E-state index contributed by atoms with van der Waals surface area (Å²) in [6.45, 7) is 5.88. The van der Waals surface area contributed by atoms with Gasteiger partial charge in [-0.3, -0.25) is 14.9 Å². The first kappa shape index (κ1) is 16.2. The lowest BCUT2D eigenvalue weighted by Crippen LogP contribution is -2.41. The van der Waals surface area contributed by atoms with Gasteiger partial charge in [0.15, 0.2) is 0 Å². The number of amides is 1. The second-order valence-corrected chi connectivity index (χ2v) is 5.69. The Morgan fingerprint density at radius 3 is 2.70 bits per heavy atom. The maximum Gasteiger partial charge on any atom is 0.312 e. The van der Waals surface area contributed by atoms with Crippen LogP contribution in [0.5, 0.6) is 0 Å². The van der Waals surface area contributed by atoms with Gasteiger partial charge < -0.3 is 10.6 Å². The van der Waals surface area contributed by atoms with E-state index in [1.54, 1.807) is 0 Å². The normalized spacial score (nSPS) is 11.0. The van der Waals surface area contributed by atoms with Gasteiger partial charge in [-0.25, -0.2) is 4.98 Å². The number of hydrogen-bond acceptors (Lipinski definition) is 5. The van der Waals surface area contributed by atoms with E-state index in [-0.39, 0.29) is 40.9 Å². The molecular formula is C12H17ClN4O3. The molecule has 0 fully saturated rings. The molecule has 8 heteroatoms. The predicted molar refractivity (Wildman–Crippen MR) is 76.9 cm³/mol. The molecule has 0 bridgehead atoms. The van der Waals surface area contributed by atoms with E-state index in [1.807, 2.05) is 20.8 Å².